The summed E-state index contributed by atoms with van der Waals surface area (Å²) in [5.41, 5.74) is 2.06. The standard InChI is InChI=1S/C26H33N3O2/c1-27(2)16-23-17-28(25(31)22-13-7-4-8-14-22)18-26(23)19-29(20-26)24(30)15-9-12-21-10-5-3-6-11-21/h3-8,10-11,13-14,23H,9,12,15-20H2,1-2H3. The molecule has 2 aliphatic heterocycles. The lowest BCUT2D eigenvalue weighted by atomic mass is 9.71. The highest BCUT2D eigenvalue weighted by atomic mass is 16.2. The minimum Gasteiger partial charge on any atom is -0.341 e. The highest BCUT2D eigenvalue weighted by Crippen LogP contribution is 2.44. The van der Waals surface area contributed by atoms with Gasteiger partial charge in [0.25, 0.3) is 5.91 Å². The summed E-state index contributed by atoms with van der Waals surface area (Å²) < 4.78 is 0. The molecule has 2 aromatic carbocycles. The Balaban J connectivity index is 1.34. The second kappa shape index (κ2) is 9.23. The fourth-order valence-corrected chi connectivity index (χ4v) is 5.14. The highest BCUT2D eigenvalue weighted by molar-refractivity contribution is 5.94. The Hall–Kier alpha value is -2.66. The lowest BCUT2D eigenvalue weighted by Crippen LogP contribution is -2.63. The summed E-state index contributed by atoms with van der Waals surface area (Å²) in [6.07, 6.45) is 2.41. The van der Waals surface area contributed by atoms with Crippen LogP contribution in [0.3, 0.4) is 0 Å². The molecule has 0 radical (unpaired) electrons. The van der Waals surface area contributed by atoms with E-state index in [-0.39, 0.29) is 17.2 Å². The molecule has 2 aromatic rings. The van der Waals surface area contributed by atoms with Crippen molar-refractivity contribution >= 4 is 11.8 Å². The maximum atomic E-state index is 13.0. The van der Waals surface area contributed by atoms with Gasteiger partial charge in [0, 0.05) is 50.1 Å². The summed E-state index contributed by atoms with van der Waals surface area (Å²) in [5.74, 6) is 0.746. The highest BCUT2D eigenvalue weighted by Gasteiger charge is 2.55. The van der Waals surface area contributed by atoms with Crippen LogP contribution in [0.15, 0.2) is 60.7 Å². The fourth-order valence-electron chi connectivity index (χ4n) is 5.14. The number of aryl methyl sites for hydroxylation is 1. The smallest absolute Gasteiger partial charge is 0.253 e. The first kappa shape index (κ1) is 21.6. The van der Waals surface area contributed by atoms with Crippen molar-refractivity contribution in [3.63, 3.8) is 0 Å². The zero-order valence-electron chi connectivity index (χ0n) is 18.7. The number of carbonyl (C=O) groups is 2. The van der Waals surface area contributed by atoms with Crippen molar-refractivity contribution in [2.24, 2.45) is 11.3 Å². The molecule has 2 heterocycles. The van der Waals surface area contributed by atoms with Crippen LogP contribution in [0.4, 0.5) is 0 Å². The van der Waals surface area contributed by atoms with E-state index in [0.717, 1.165) is 51.1 Å². The Morgan fingerprint density at radius 2 is 1.55 bits per heavy atom. The van der Waals surface area contributed by atoms with Gasteiger partial charge in [-0.25, -0.2) is 0 Å². The Bertz CT molecular complexity index is 891. The maximum absolute atomic E-state index is 13.0. The summed E-state index contributed by atoms with van der Waals surface area (Å²) in [6.45, 7) is 3.99. The molecule has 5 nitrogen and oxygen atoms in total. The van der Waals surface area contributed by atoms with Crippen LogP contribution < -0.4 is 0 Å². The Kier molecular flexibility index (Phi) is 6.42. The first-order chi connectivity index (χ1) is 15.0. The summed E-state index contributed by atoms with van der Waals surface area (Å²) in [7, 11) is 4.17. The van der Waals surface area contributed by atoms with Gasteiger partial charge in [0.1, 0.15) is 0 Å². The number of hydrogen-bond donors (Lipinski definition) is 0. The van der Waals surface area contributed by atoms with Crippen LogP contribution in [0.2, 0.25) is 0 Å². The second-order valence-corrected chi connectivity index (χ2v) is 9.46. The molecule has 0 saturated carbocycles. The molecule has 164 valence electrons. The van der Waals surface area contributed by atoms with Crippen molar-refractivity contribution in [3.05, 3.63) is 71.8 Å². The number of rotatable bonds is 7. The predicted octanol–water partition coefficient (Wildman–Crippen LogP) is 3.17. The largest absolute Gasteiger partial charge is 0.341 e. The molecule has 0 N–H and O–H groups in total. The number of nitrogens with zero attached hydrogens (tertiary/aromatic N) is 3. The minimum atomic E-state index is 0.0315. The molecule has 1 unspecified atom stereocenters. The molecule has 0 bridgehead atoms. The average molecular weight is 420 g/mol. The minimum absolute atomic E-state index is 0.0315. The first-order valence-corrected chi connectivity index (χ1v) is 11.3. The van der Waals surface area contributed by atoms with Crippen LogP contribution in [0.25, 0.3) is 0 Å². The van der Waals surface area contributed by atoms with Crippen LogP contribution in [0, 0.1) is 11.3 Å². The van der Waals surface area contributed by atoms with Crippen LogP contribution >= 0.6 is 0 Å². The van der Waals surface area contributed by atoms with Gasteiger partial charge in [0.2, 0.25) is 5.91 Å². The maximum Gasteiger partial charge on any atom is 0.253 e. The summed E-state index contributed by atoms with van der Waals surface area (Å²) in [6, 6.07) is 19.9. The van der Waals surface area contributed by atoms with E-state index in [9.17, 15) is 9.59 Å². The Labute approximate surface area is 185 Å². The molecule has 5 heteroatoms. The van der Waals surface area contributed by atoms with E-state index in [0.29, 0.717) is 12.3 Å². The van der Waals surface area contributed by atoms with Crippen molar-refractivity contribution in [2.45, 2.75) is 19.3 Å². The zero-order valence-corrected chi connectivity index (χ0v) is 18.7. The van der Waals surface area contributed by atoms with E-state index in [4.69, 9.17) is 0 Å². The molecule has 0 aliphatic carbocycles. The monoisotopic (exact) mass is 419 g/mol. The Morgan fingerprint density at radius 1 is 0.935 bits per heavy atom. The van der Waals surface area contributed by atoms with E-state index >= 15 is 0 Å². The zero-order chi connectivity index (χ0) is 21.8. The number of carbonyl (C=O) groups excluding carboxylic acids is 2. The van der Waals surface area contributed by atoms with Gasteiger partial charge in [-0.3, -0.25) is 9.59 Å². The third-order valence-corrected chi connectivity index (χ3v) is 6.77. The van der Waals surface area contributed by atoms with Gasteiger partial charge in [-0.1, -0.05) is 48.5 Å². The quantitative estimate of drug-likeness (QED) is 0.692. The van der Waals surface area contributed by atoms with Gasteiger partial charge in [-0.05, 0) is 50.6 Å². The van der Waals surface area contributed by atoms with Gasteiger partial charge >= 0.3 is 0 Å². The number of amides is 2. The Morgan fingerprint density at radius 3 is 2.19 bits per heavy atom. The first-order valence-electron chi connectivity index (χ1n) is 11.3. The summed E-state index contributed by atoms with van der Waals surface area (Å²) in [4.78, 5) is 32.0. The lowest BCUT2D eigenvalue weighted by Gasteiger charge is -2.51. The molecular formula is C26H33N3O2. The molecule has 0 aromatic heterocycles. The molecule has 1 atom stereocenters. The normalized spacial score (nSPS) is 19.6. The average Bonchev–Trinajstić information content (AvgIpc) is 3.12. The van der Waals surface area contributed by atoms with Crippen molar-refractivity contribution in [3.8, 4) is 0 Å². The van der Waals surface area contributed by atoms with Crippen LogP contribution in [0.1, 0.15) is 28.8 Å². The number of hydrogen-bond acceptors (Lipinski definition) is 3. The van der Waals surface area contributed by atoms with Gasteiger partial charge in [-0.2, -0.15) is 0 Å². The van der Waals surface area contributed by atoms with E-state index in [1.165, 1.54) is 5.56 Å². The lowest BCUT2D eigenvalue weighted by molar-refractivity contribution is -0.145. The molecular weight excluding hydrogens is 386 g/mol. The van der Waals surface area contributed by atoms with E-state index < -0.39 is 0 Å². The van der Waals surface area contributed by atoms with Crippen LogP contribution in [-0.2, 0) is 11.2 Å². The molecule has 2 fully saturated rings. The van der Waals surface area contributed by atoms with Crippen LogP contribution in [-0.4, -0.2) is 73.3 Å². The summed E-state index contributed by atoms with van der Waals surface area (Å²) in [5, 5.41) is 0. The van der Waals surface area contributed by atoms with Crippen LogP contribution in [0.5, 0.6) is 0 Å². The second-order valence-electron chi connectivity index (χ2n) is 9.46. The summed E-state index contributed by atoms with van der Waals surface area (Å²) >= 11 is 0. The third kappa shape index (κ3) is 4.82. The van der Waals surface area contributed by atoms with Crippen molar-refractivity contribution < 1.29 is 9.59 Å². The van der Waals surface area contributed by atoms with Crippen molar-refractivity contribution in [1.29, 1.82) is 0 Å². The van der Waals surface area contributed by atoms with Gasteiger partial charge in [-0.15, -0.1) is 0 Å². The van der Waals surface area contributed by atoms with Gasteiger partial charge in [0.15, 0.2) is 0 Å². The van der Waals surface area contributed by atoms with E-state index in [1.54, 1.807) is 0 Å². The molecule has 2 saturated heterocycles. The number of likely N-dealkylation sites (tertiary alicyclic amines) is 2. The molecule has 1 spiro atoms. The predicted molar refractivity (Wildman–Crippen MR) is 123 cm³/mol. The van der Waals surface area contributed by atoms with Crippen molar-refractivity contribution in [1.82, 2.24) is 14.7 Å². The molecule has 4 rings (SSSR count). The fraction of sp³-hybridized carbons (Fsp3) is 0.462. The van der Waals surface area contributed by atoms with E-state index in [2.05, 4.69) is 31.1 Å². The SMILES string of the molecule is CN(C)CC1CN(C(=O)c2ccccc2)CC12CN(C(=O)CCCc1ccccc1)C2. The van der Waals surface area contributed by atoms with Crippen molar-refractivity contribution in [2.75, 3.05) is 46.8 Å². The molecule has 2 aliphatic rings. The molecule has 2 amide bonds. The third-order valence-electron chi connectivity index (χ3n) is 6.77. The van der Waals surface area contributed by atoms with E-state index in [1.807, 2.05) is 58.3 Å². The van der Waals surface area contributed by atoms with Gasteiger partial charge in [0.05, 0.1) is 0 Å². The topological polar surface area (TPSA) is 43.9 Å². The van der Waals surface area contributed by atoms with Gasteiger partial charge < -0.3 is 14.7 Å². The molecule has 31 heavy (non-hydrogen) atoms. The number of benzene rings is 2.